The number of urea groups is 1. The van der Waals surface area contributed by atoms with E-state index in [9.17, 15) is 22.8 Å². The number of benzene rings is 1. The summed E-state index contributed by atoms with van der Waals surface area (Å²) in [6.07, 6.45) is 1.71. The summed E-state index contributed by atoms with van der Waals surface area (Å²) in [5.41, 5.74) is -0.324. The maximum atomic E-state index is 13.3. The summed E-state index contributed by atoms with van der Waals surface area (Å²) in [5, 5.41) is 13.7. The molecule has 2 aromatic rings. The van der Waals surface area contributed by atoms with E-state index in [0.29, 0.717) is 17.7 Å². The number of sulfone groups is 1. The summed E-state index contributed by atoms with van der Waals surface area (Å²) in [4.78, 5) is 41.5. The van der Waals surface area contributed by atoms with E-state index in [1.165, 1.54) is 23.0 Å². The average molecular weight is 492 g/mol. The SMILES string of the molecule is COCCN(C(=O)CN1C(=O)N[C@](C)(c2cccc(-n3cnnn3)c2)C1=O)[C@@H]1CCS(=O)(=O)C1. The number of rotatable bonds is 8. The maximum absolute atomic E-state index is 13.3. The summed E-state index contributed by atoms with van der Waals surface area (Å²) >= 11 is 0. The van der Waals surface area contributed by atoms with E-state index in [1.54, 1.807) is 31.2 Å². The van der Waals surface area contributed by atoms with Gasteiger partial charge in [-0.15, -0.1) is 5.10 Å². The number of nitrogens with zero attached hydrogens (tertiary/aromatic N) is 6. The lowest BCUT2D eigenvalue weighted by Crippen LogP contribution is -2.49. The van der Waals surface area contributed by atoms with Gasteiger partial charge in [-0.1, -0.05) is 12.1 Å². The molecule has 1 N–H and O–H groups in total. The second kappa shape index (κ2) is 9.10. The Labute approximate surface area is 195 Å². The minimum absolute atomic E-state index is 0.00668. The van der Waals surface area contributed by atoms with Crippen molar-refractivity contribution in [3.63, 3.8) is 0 Å². The highest BCUT2D eigenvalue weighted by molar-refractivity contribution is 7.91. The Balaban J connectivity index is 1.54. The second-order valence-electron chi connectivity index (χ2n) is 8.39. The lowest BCUT2D eigenvalue weighted by molar-refractivity contribution is -0.140. The van der Waals surface area contributed by atoms with Crippen molar-refractivity contribution >= 4 is 27.7 Å². The molecule has 2 fully saturated rings. The number of imide groups is 1. The van der Waals surface area contributed by atoms with Crippen molar-refractivity contribution in [1.29, 1.82) is 0 Å². The molecule has 0 bridgehead atoms. The largest absolute Gasteiger partial charge is 0.383 e. The van der Waals surface area contributed by atoms with Gasteiger partial charge in [0, 0.05) is 19.7 Å². The van der Waals surface area contributed by atoms with Gasteiger partial charge in [0.15, 0.2) is 9.84 Å². The summed E-state index contributed by atoms with van der Waals surface area (Å²) in [7, 11) is -1.76. The number of carbonyl (C=O) groups excluding carboxylic acids is 3. The number of nitrogens with one attached hydrogen (secondary N) is 1. The van der Waals surface area contributed by atoms with E-state index in [1.807, 2.05) is 0 Å². The van der Waals surface area contributed by atoms with Gasteiger partial charge >= 0.3 is 6.03 Å². The van der Waals surface area contributed by atoms with Gasteiger partial charge in [-0.25, -0.2) is 17.9 Å². The Morgan fingerprint density at radius 3 is 2.79 bits per heavy atom. The van der Waals surface area contributed by atoms with Crippen LogP contribution < -0.4 is 5.32 Å². The third-order valence-corrected chi connectivity index (χ3v) is 7.86. The molecule has 4 amide bonds. The fourth-order valence-corrected chi connectivity index (χ4v) is 5.95. The van der Waals surface area contributed by atoms with Crippen molar-refractivity contribution in [1.82, 2.24) is 35.3 Å². The predicted molar refractivity (Wildman–Crippen MR) is 117 cm³/mol. The molecule has 182 valence electrons. The fourth-order valence-electron chi connectivity index (χ4n) is 4.22. The molecule has 0 unspecified atom stereocenters. The number of hydrogen-bond acceptors (Lipinski definition) is 9. The summed E-state index contributed by atoms with van der Waals surface area (Å²) in [5.74, 6) is -1.27. The van der Waals surface area contributed by atoms with Crippen LogP contribution in [0.5, 0.6) is 0 Å². The number of hydrogen-bond donors (Lipinski definition) is 1. The van der Waals surface area contributed by atoms with E-state index in [4.69, 9.17) is 4.74 Å². The normalized spacial score (nSPS) is 23.8. The van der Waals surface area contributed by atoms with Crippen molar-refractivity contribution in [3.05, 3.63) is 36.2 Å². The molecule has 2 saturated heterocycles. The number of tetrazole rings is 1. The molecule has 3 heterocycles. The Bertz CT molecular complexity index is 1200. The molecule has 2 atom stereocenters. The first-order chi connectivity index (χ1) is 16.1. The lowest BCUT2D eigenvalue weighted by Gasteiger charge is -2.29. The molecule has 13 nitrogen and oxygen atoms in total. The first kappa shape index (κ1) is 23.8. The van der Waals surface area contributed by atoms with Gasteiger partial charge in [0.25, 0.3) is 5.91 Å². The lowest BCUT2D eigenvalue weighted by atomic mass is 9.91. The summed E-state index contributed by atoms with van der Waals surface area (Å²) in [6.45, 7) is 1.41. The smallest absolute Gasteiger partial charge is 0.325 e. The van der Waals surface area contributed by atoms with Crippen LogP contribution in [0.3, 0.4) is 0 Å². The molecule has 1 aromatic carbocycles. The van der Waals surface area contributed by atoms with Crippen LogP contribution in [0.2, 0.25) is 0 Å². The van der Waals surface area contributed by atoms with Gasteiger partial charge in [0.05, 0.1) is 23.8 Å². The van der Waals surface area contributed by atoms with E-state index >= 15 is 0 Å². The monoisotopic (exact) mass is 491 g/mol. The van der Waals surface area contributed by atoms with Crippen LogP contribution in [-0.2, 0) is 29.7 Å². The van der Waals surface area contributed by atoms with Crippen molar-refractivity contribution < 1.29 is 27.5 Å². The van der Waals surface area contributed by atoms with E-state index < -0.39 is 45.8 Å². The summed E-state index contributed by atoms with van der Waals surface area (Å²) in [6, 6.07) is 5.58. The highest BCUT2D eigenvalue weighted by Crippen LogP contribution is 2.30. The predicted octanol–water partition coefficient (Wildman–Crippen LogP) is -0.909. The molecule has 0 radical (unpaired) electrons. The van der Waals surface area contributed by atoms with Crippen LogP contribution in [0, 0.1) is 0 Å². The number of amides is 4. The number of methoxy groups -OCH3 is 1. The Hall–Kier alpha value is -3.39. The highest BCUT2D eigenvalue weighted by Gasteiger charge is 2.50. The molecule has 0 saturated carbocycles. The van der Waals surface area contributed by atoms with Crippen molar-refractivity contribution in [2.75, 3.05) is 38.3 Å². The number of carbonyl (C=O) groups is 3. The maximum Gasteiger partial charge on any atom is 0.325 e. The van der Waals surface area contributed by atoms with Crippen LogP contribution >= 0.6 is 0 Å². The zero-order chi connectivity index (χ0) is 24.5. The third kappa shape index (κ3) is 4.50. The molecule has 1 aromatic heterocycles. The van der Waals surface area contributed by atoms with Crippen LogP contribution in [-0.4, -0.2) is 101 Å². The van der Waals surface area contributed by atoms with Gasteiger partial charge in [-0.05, 0) is 41.5 Å². The Morgan fingerprint density at radius 1 is 1.35 bits per heavy atom. The minimum Gasteiger partial charge on any atom is -0.383 e. The van der Waals surface area contributed by atoms with Gasteiger partial charge in [0.1, 0.15) is 18.4 Å². The number of ether oxygens (including phenoxy) is 1. The second-order valence-corrected chi connectivity index (χ2v) is 10.6. The molecule has 2 aliphatic rings. The van der Waals surface area contributed by atoms with Crippen LogP contribution in [0.25, 0.3) is 5.69 Å². The summed E-state index contributed by atoms with van der Waals surface area (Å²) < 4.78 is 30.3. The van der Waals surface area contributed by atoms with Gasteiger partial charge in [-0.2, -0.15) is 0 Å². The zero-order valence-corrected chi connectivity index (χ0v) is 19.6. The molecule has 2 aliphatic heterocycles. The molecular weight excluding hydrogens is 466 g/mol. The third-order valence-electron chi connectivity index (χ3n) is 6.11. The molecular formula is C20H25N7O6S. The van der Waals surface area contributed by atoms with Crippen LogP contribution in [0.15, 0.2) is 30.6 Å². The van der Waals surface area contributed by atoms with Crippen LogP contribution in [0.1, 0.15) is 18.9 Å². The molecule has 14 heteroatoms. The minimum atomic E-state index is -3.24. The van der Waals surface area contributed by atoms with Crippen molar-refractivity contribution in [2.24, 2.45) is 0 Å². The molecule has 0 aliphatic carbocycles. The molecule has 4 rings (SSSR count). The van der Waals surface area contributed by atoms with Crippen LogP contribution in [0.4, 0.5) is 4.79 Å². The Kier molecular flexibility index (Phi) is 6.36. The zero-order valence-electron chi connectivity index (χ0n) is 18.7. The number of aromatic nitrogens is 4. The van der Waals surface area contributed by atoms with E-state index in [-0.39, 0.29) is 24.7 Å². The molecule has 0 spiro atoms. The Morgan fingerprint density at radius 2 is 2.15 bits per heavy atom. The van der Waals surface area contributed by atoms with Gasteiger partial charge in [0.2, 0.25) is 5.91 Å². The molecule has 34 heavy (non-hydrogen) atoms. The average Bonchev–Trinajstić information content (AvgIpc) is 3.51. The quantitative estimate of drug-likeness (QED) is 0.462. The standard InChI is InChI=1S/C20H25N7O6S/c1-20(14-4-3-5-15(10-14)27-13-21-23-24-27)18(29)26(19(30)22-20)11-17(28)25(7-8-33-2)16-6-9-34(31,32)12-16/h3-5,10,13,16H,6-9,11-12H2,1-2H3,(H,22,30)/t16-,20-/m1/s1. The van der Waals surface area contributed by atoms with E-state index in [2.05, 4.69) is 20.8 Å². The first-order valence-corrected chi connectivity index (χ1v) is 12.4. The fraction of sp³-hybridized carbons (Fsp3) is 0.500. The van der Waals surface area contributed by atoms with E-state index in [0.717, 1.165) is 4.90 Å². The van der Waals surface area contributed by atoms with Gasteiger partial charge in [-0.3, -0.25) is 14.5 Å². The topological polar surface area (TPSA) is 157 Å². The van der Waals surface area contributed by atoms with Crippen molar-refractivity contribution in [3.8, 4) is 5.69 Å². The van der Waals surface area contributed by atoms with Crippen molar-refractivity contribution in [2.45, 2.75) is 24.9 Å². The first-order valence-electron chi connectivity index (χ1n) is 10.6. The van der Waals surface area contributed by atoms with Gasteiger partial charge < -0.3 is 15.0 Å². The highest BCUT2D eigenvalue weighted by atomic mass is 32.2.